The first-order valence-electron chi connectivity index (χ1n) is 5.93. The summed E-state index contributed by atoms with van der Waals surface area (Å²) in [7, 11) is -3.17. The van der Waals surface area contributed by atoms with Crippen LogP contribution < -0.4 is 4.90 Å². The summed E-state index contributed by atoms with van der Waals surface area (Å²) in [5.41, 5.74) is 0.624. The summed E-state index contributed by atoms with van der Waals surface area (Å²) in [6.07, 6.45) is 1.19. The van der Waals surface area contributed by atoms with Crippen LogP contribution in [0.4, 0.5) is 11.4 Å². The van der Waals surface area contributed by atoms with Crippen LogP contribution in [0.3, 0.4) is 0 Å². The molecule has 1 aliphatic rings. The van der Waals surface area contributed by atoms with Crippen LogP contribution >= 0.6 is 11.6 Å². The van der Waals surface area contributed by atoms with Gasteiger partial charge < -0.3 is 4.90 Å². The fourth-order valence-electron chi connectivity index (χ4n) is 2.12. The van der Waals surface area contributed by atoms with Gasteiger partial charge in [-0.1, -0.05) is 11.6 Å². The normalized spacial score (nSPS) is 17.2. The van der Waals surface area contributed by atoms with Crippen LogP contribution in [-0.4, -0.2) is 50.1 Å². The number of halogens is 1. The van der Waals surface area contributed by atoms with Gasteiger partial charge in [0.25, 0.3) is 5.69 Å². The van der Waals surface area contributed by atoms with Gasteiger partial charge in [0.2, 0.25) is 10.0 Å². The van der Waals surface area contributed by atoms with E-state index in [1.54, 1.807) is 6.07 Å². The molecule has 0 amide bonds. The molecular formula is C11H14ClN3O4S. The highest BCUT2D eigenvalue weighted by Crippen LogP contribution is 2.29. The Bertz CT molecular complexity index is 627. The smallest absolute Gasteiger partial charge is 0.288 e. The predicted octanol–water partition coefficient (Wildman–Crippen LogP) is 1.33. The lowest BCUT2D eigenvalue weighted by molar-refractivity contribution is -0.384. The Morgan fingerprint density at radius 2 is 1.85 bits per heavy atom. The highest BCUT2D eigenvalue weighted by Gasteiger charge is 2.24. The lowest BCUT2D eigenvalue weighted by Crippen LogP contribution is -2.48. The van der Waals surface area contributed by atoms with Gasteiger partial charge in [-0.25, -0.2) is 8.42 Å². The molecule has 0 aliphatic carbocycles. The molecule has 0 N–H and O–H groups in total. The van der Waals surface area contributed by atoms with Crippen molar-refractivity contribution in [1.82, 2.24) is 4.31 Å². The van der Waals surface area contributed by atoms with Gasteiger partial charge in [-0.2, -0.15) is 4.31 Å². The maximum Gasteiger partial charge on any atom is 0.288 e. The van der Waals surface area contributed by atoms with E-state index in [4.69, 9.17) is 11.6 Å². The monoisotopic (exact) mass is 319 g/mol. The number of piperazine rings is 1. The quantitative estimate of drug-likeness (QED) is 0.620. The number of nitro benzene ring substituents is 1. The van der Waals surface area contributed by atoms with E-state index in [0.29, 0.717) is 26.2 Å². The Morgan fingerprint density at radius 3 is 2.30 bits per heavy atom. The minimum Gasteiger partial charge on any atom is -0.369 e. The molecule has 0 spiro atoms. The summed E-state index contributed by atoms with van der Waals surface area (Å²) >= 11 is 5.87. The van der Waals surface area contributed by atoms with Crippen molar-refractivity contribution in [2.24, 2.45) is 0 Å². The second-order valence-corrected chi connectivity index (χ2v) is 6.93. The number of nitrogens with zero attached hydrogens (tertiary/aromatic N) is 3. The van der Waals surface area contributed by atoms with E-state index >= 15 is 0 Å². The molecule has 1 saturated heterocycles. The topological polar surface area (TPSA) is 83.8 Å². The molecule has 1 aliphatic heterocycles. The standard InChI is InChI=1S/C11H14ClN3O4S/c1-20(18,19)14-6-4-13(5-7-14)9-2-3-11(15(16)17)10(12)8-9/h2-3,8H,4-7H2,1H3. The van der Waals surface area contributed by atoms with E-state index in [2.05, 4.69) is 0 Å². The van der Waals surface area contributed by atoms with Gasteiger partial charge in [-0.15, -0.1) is 0 Å². The van der Waals surface area contributed by atoms with Gasteiger partial charge in [0, 0.05) is 37.9 Å². The highest BCUT2D eigenvalue weighted by atomic mass is 35.5. The van der Waals surface area contributed by atoms with Crippen molar-refractivity contribution in [2.75, 3.05) is 37.3 Å². The summed E-state index contributed by atoms with van der Waals surface area (Å²) < 4.78 is 24.2. The molecule has 0 aromatic heterocycles. The van der Waals surface area contributed by atoms with Crippen LogP contribution in [0.5, 0.6) is 0 Å². The van der Waals surface area contributed by atoms with Crippen molar-refractivity contribution in [3.05, 3.63) is 33.3 Å². The maximum absolute atomic E-state index is 11.4. The fourth-order valence-corrected chi connectivity index (χ4v) is 3.19. The van der Waals surface area contributed by atoms with Crippen molar-refractivity contribution < 1.29 is 13.3 Å². The van der Waals surface area contributed by atoms with E-state index in [-0.39, 0.29) is 10.7 Å². The summed E-state index contributed by atoms with van der Waals surface area (Å²) in [4.78, 5) is 12.1. The number of anilines is 1. The molecular weight excluding hydrogens is 306 g/mol. The van der Waals surface area contributed by atoms with E-state index in [0.717, 1.165) is 5.69 Å². The number of hydrogen-bond acceptors (Lipinski definition) is 5. The molecule has 7 nitrogen and oxygen atoms in total. The molecule has 20 heavy (non-hydrogen) atoms. The van der Waals surface area contributed by atoms with Crippen LogP contribution in [0.15, 0.2) is 18.2 Å². The van der Waals surface area contributed by atoms with Gasteiger partial charge in [0.05, 0.1) is 11.2 Å². The van der Waals surface area contributed by atoms with Crippen LogP contribution in [0.2, 0.25) is 5.02 Å². The Kier molecular flexibility index (Phi) is 4.17. The number of sulfonamides is 1. The van der Waals surface area contributed by atoms with E-state index in [9.17, 15) is 18.5 Å². The molecule has 1 heterocycles. The molecule has 1 fully saturated rings. The van der Waals surface area contributed by atoms with E-state index < -0.39 is 14.9 Å². The fraction of sp³-hybridized carbons (Fsp3) is 0.455. The predicted molar refractivity (Wildman–Crippen MR) is 76.7 cm³/mol. The van der Waals surface area contributed by atoms with Crippen LogP contribution in [0.25, 0.3) is 0 Å². The van der Waals surface area contributed by atoms with Crippen molar-refractivity contribution >= 4 is 33.0 Å². The average Bonchev–Trinajstić information content (AvgIpc) is 2.37. The number of nitro groups is 1. The molecule has 1 aromatic carbocycles. The molecule has 2 rings (SSSR count). The van der Waals surface area contributed by atoms with Gasteiger partial charge in [-0.05, 0) is 12.1 Å². The van der Waals surface area contributed by atoms with Gasteiger partial charge in [-0.3, -0.25) is 10.1 Å². The second-order valence-electron chi connectivity index (χ2n) is 4.54. The number of hydrogen-bond donors (Lipinski definition) is 0. The SMILES string of the molecule is CS(=O)(=O)N1CCN(c2ccc([N+](=O)[O-])c(Cl)c2)CC1. The largest absolute Gasteiger partial charge is 0.369 e. The van der Waals surface area contributed by atoms with Gasteiger partial charge in [0.15, 0.2) is 0 Å². The summed E-state index contributed by atoms with van der Waals surface area (Å²) in [5, 5.41) is 10.8. The molecule has 0 radical (unpaired) electrons. The Balaban J connectivity index is 2.11. The molecule has 9 heteroatoms. The second kappa shape index (κ2) is 5.55. The lowest BCUT2D eigenvalue weighted by atomic mass is 10.2. The van der Waals surface area contributed by atoms with E-state index in [1.165, 1.54) is 22.7 Å². The highest BCUT2D eigenvalue weighted by molar-refractivity contribution is 7.88. The third-order valence-corrected chi connectivity index (χ3v) is 4.81. The third-order valence-electron chi connectivity index (χ3n) is 3.20. The molecule has 0 bridgehead atoms. The first-order chi connectivity index (χ1) is 9.29. The minimum absolute atomic E-state index is 0.0815. The number of benzene rings is 1. The van der Waals surface area contributed by atoms with Crippen LogP contribution in [0, 0.1) is 10.1 Å². The van der Waals surface area contributed by atoms with Crippen LogP contribution in [-0.2, 0) is 10.0 Å². The maximum atomic E-state index is 11.4. The van der Waals surface area contributed by atoms with Crippen molar-refractivity contribution in [3.63, 3.8) is 0 Å². The summed E-state index contributed by atoms with van der Waals surface area (Å²) in [5.74, 6) is 0. The van der Waals surface area contributed by atoms with Crippen molar-refractivity contribution in [1.29, 1.82) is 0 Å². The summed E-state index contributed by atoms with van der Waals surface area (Å²) in [6.45, 7) is 1.85. The Morgan fingerprint density at radius 1 is 1.25 bits per heavy atom. The van der Waals surface area contributed by atoms with Crippen molar-refractivity contribution in [2.45, 2.75) is 0 Å². The first-order valence-corrected chi connectivity index (χ1v) is 8.15. The molecule has 0 saturated carbocycles. The van der Waals surface area contributed by atoms with E-state index in [1.807, 2.05) is 4.90 Å². The molecule has 110 valence electrons. The average molecular weight is 320 g/mol. The zero-order valence-corrected chi connectivity index (χ0v) is 12.4. The number of rotatable bonds is 3. The van der Waals surface area contributed by atoms with Crippen LogP contribution in [0.1, 0.15) is 0 Å². The zero-order chi connectivity index (χ0) is 14.9. The zero-order valence-electron chi connectivity index (χ0n) is 10.8. The minimum atomic E-state index is -3.17. The first kappa shape index (κ1) is 15.0. The van der Waals surface area contributed by atoms with Crippen molar-refractivity contribution in [3.8, 4) is 0 Å². The van der Waals surface area contributed by atoms with Gasteiger partial charge in [0.1, 0.15) is 5.02 Å². The Labute approximate surface area is 121 Å². The Hall–Kier alpha value is -1.38. The van der Waals surface area contributed by atoms with Gasteiger partial charge >= 0.3 is 0 Å². The molecule has 1 aromatic rings. The molecule has 0 unspecified atom stereocenters. The lowest BCUT2D eigenvalue weighted by Gasteiger charge is -2.34. The third kappa shape index (κ3) is 3.20. The summed E-state index contributed by atoms with van der Waals surface area (Å²) in [6, 6.07) is 4.52. The molecule has 0 atom stereocenters.